The van der Waals surface area contributed by atoms with Gasteiger partial charge >= 0.3 is 6.09 Å². The largest absolute Gasteiger partial charge is 0.497 e. The van der Waals surface area contributed by atoms with Gasteiger partial charge in [0, 0.05) is 26.1 Å². The predicted molar refractivity (Wildman–Crippen MR) is 168 cm³/mol. The lowest BCUT2D eigenvalue weighted by molar-refractivity contribution is -0.185. The predicted octanol–water partition coefficient (Wildman–Crippen LogP) is 3.99. The Bertz CT molecular complexity index is 1290. The van der Waals surface area contributed by atoms with Gasteiger partial charge in [0.15, 0.2) is 6.29 Å². The van der Waals surface area contributed by atoms with Gasteiger partial charge in [0.25, 0.3) is 0 Å². The number of benzene rings is 2. The minimum atomic E-state index is -3.97. The number of unbranched alkanes of at least 4 members (excludes halogenated alkanes) is 1. The molecule has 2 aromatic rings. The zero-order chi connectivity index (χ0) is 32.4. The normalized spacial score (nSPS) is 23.0. The fourth-order valence-electron chi connectivity index (χ4n) is 5.71. The van der Waals surface area contributed by atoms with Crippen LogP contribution in [0.4, 0.5) is 4.79 Å². The molecule has 2 aliphatic heterocycles. The molecule has 0 radical (unpaired) electrons. The molecule has 2 saturated heterocycles. The number of hydrogen-bond donors (Lipinski definition) is 2. The Morgan fingerprint density at radius 3 is 2.47 bits per heavy atom. The summed E-state index contributed by atoms with van der Waals surface area (Å²) < 4.78 is 57.5. The lowest BCUT2D eigenvalue weighted by atomic mass is 9.93. The maximum Gasteiger partial charge on any atom is 0.407 e. The van der Waals surface area contributed by atoms with Crippen LogP contribution in [0.25, 0.3) is 0 Å². The van der Waals surface area contributed by atoms with E-state index >= 15 is 0 Å². The first kappa shape index (κ1) is 35.1. The number of aliphatic hydroxyl groups is 1. The fraction of sp³-hybridized carbons (Fsp3) is 0.606. The van der Waals surface area contributed by atoms with Crippen molar-refractivity contribution in [1.29, 1.82) is 0 Å². The number of ether oxygens (including phenoxy) is 5. The molecule has 2 aliphatic rings. The van der Waals surface area contributed by atoms with E-state index in [1.54, 1.807) is 12.1 Å². The Balaban J connectivity index is 1.50. The number of methoxy groups -OCH3 is 1. The van der Waals surface area contributed by atoms with Gasteiger partial charge in [0.1, 0.15) is 11.9 Å². The molecule has 12 heteroatoms. The van der Waals surface area contributed by atoms with Gasteiger partial charge in [-0.15, -0.1) is 0 Å². The third kappa shape index (κ3) is 9.63. The molecule has 0 spiro atoms. The second kappa shape index (κ2) is 16.7. The zero-order valence-electron chi connectivity index (χ0n) is 26.7. The second-order valence-electron chi connectivity index (χ2n) is 12.0. The molecule has 2 N–H and O–H groups in total. The number of carbonyl (C=O) groups excluding carboxylic acids is 1. The van der Waals surface area contributed by atoms with Gasteiger partial charge in [0.2, 0.25) is 10.0 Å². The van der Waals surface area contributed by atoms with Crippen LogP contribution >= 0.6 is 0 Å². The summed E-state index contributed by atoms with van der Waals surface area (Å²) in [6, 6.07) is 14.7. The topological polar surface area (TPSA) is 133 Å². The highest BCUT2D eigenvalue weighted by molar-refractivity contribution is 7.89. The van der Waals surface area contributed by atoms with Crippen molar-refractivity contribution >= 4 is 16.1 Å². The van der Waals surface area contributed by atoms with Crippen LogP contribution in [0.3, 0.4) is 0 Å². The molecule has 0 unspecified atom stereocenters. The molecule has 0 aromatic heterocycles. The number of sulfonamides is 1. The number of hydrogen-bond acceptors (Lipinski definition) is 9. The Morgan fingerprint density at radius 2 is 1.80 bits per heavy atom. The van der Waals surface area contributed by atoms with Gasteiger partial charge < -0.3 is 34.1 Å². The van der Waals surface area contributed by atoms with E-state index in [0.717, 1.165) is 18.4 Å². The maximum absolute atomic E-state index is 13.7. The zero-order valence-corrected chi connectivity index (χ0v) is 27.5. The minimum absolute atomic E-state index is 0.0155. The number of nitrogens with one attached hydrogen (secondary N) is 1. The maximum atomic E-state index is 13.7. The number of rotatable bonds is 16. The highest BCUT2D eigenvalue weighted by Crippen LogP contribution is 2.35. The van der Waals surface area contributed by atoms with E-state index in [9.17, 15) is 18.3 Å². The van der Waals surface area contributed by atoms with Crippen molar-refractivity contribution in [2.24, 2.45) is 11.8 Å². The lowest BCUT2D eigenvalue weighted by Crippen LogP contribution is -2.52. The molecule has 0 aliphatic carbocycles. The molecular weight excluding hydrogens is 600 g/mol. The highest BCUT2D eigenvalue weighted by atomic mass is 32.2. The van der Waals surface area contributed by atoms with Crippen LogP contribution in [0.15, 0.2) is 59.5 Å². The van der Waals surface area contributed by atoms with E-state index in [2.05, 4.69) is 12.2 Å². The summed E-state index contributed by atoms with van der Waals surface area (Å²) in [4.78, 5) is 13.5. The molecule has 11 nitrogen and oxygen atoms in total. The molecule has 4 rings (SSSR count). The summed E-state index contributed by atoms with van der Waals surface area (Å²) in [5, 5.41) is 14.4. The van der Waals surface area contributed by atoms with Crippen molar-refractivity contribution in [2.45, 2.75) is 82.0 Å². The molecule has 1 amide bonds. The van der Waals surface area contributed by atoms with Gasteiger partial charge in [-0.3, -0.25) is 0 Å². The van der Waals surface area contributed by atoms with E-state index in [1.165, 1.54) is 23.5 Å². The van der Waals surface area contributed by atoms with Crippen molar-refractivity contribution in [2.75, 3.05) is 40.0 Å². The average Bonchev–Trinajstić information content (AvgIpc) is 3.44. The molecule has 2 heterocycles. The van der Waals surface area contributed by atoms with Crippen LogP contribution in [-0.2, 0) is 35.4 Å². The number of carbonyl (C=O) groups is 1. The molecule has 0 bridgehead atoms. The third-order valence-electron chi connectivity index (χ3n) is 8.09. The van der Waals surface area contributed by atoms with Crippen molar-refractivity contribution in [3.63, 3.8) is 0 Å². The summed E-state index contributed by atoms with van der Waals surface area (Å²) in [6.45, 7) is 7.19. The summed E-state index contributed by atoms with van der Waals surface area (Å²) in [7, 11) is -2.46. The number of alkyl carbamates (subject to hydrolysis) is 1. The van der Waals surface area contributed by atoms with E-state index < -0.39 is 40.7 Å². The third-order valence-corrected chi connectivity index (χ3v) is 9.94. The smallest absolute Gasteiger partial charge is 0.407 e. The van der Waals surface area contributed by atoms with Crippen LogP contribution in [0.5, 0.6) is 5.75 Å². The molecule has 45 heavy (non-hydrogen) atoms. The van der Waals surface area contributed by atoms with Crippen LogP contribution in [-0.4, -0.2) is 94.6 Å². The molecule has 6 atom stereocenters. The van der Waals surface area contributed by atoms with Crippen molar-refractivity contribution in [1.82, 2.24) is 9.62 Å². The summed E-state index contributed by atoms with van der Waals surface area (Å²) in [6.07, 6.45) is -0.537. The number of nitrogens with zero attached hydrogens (tertiary/aromatic N) is 1. The monoisotopic (exact) mass is 648 g/mol. The van der Waals surface area contributed by atoms with Crippen LogP contribution in [0.1, 0.15) is 45.6 Å². The van der Waals surface area contributed by atoms with Crippen LogP contribution in [0.2, 0.25) is 0 Å². The quantitative estimate of drug-likeness (QED) is 0.259. The summed E-state index contributed by atoms with van der Waals surface area (Å²) in [5.41, 5.74) is 0.870. The first-order chi connectivity index (χ1) is 21.6. The first-order valence-electron chi connectivity index (χ1n) is 15.8. The number of aliphatic hydroxyl groups excluding tert-OH is 1. The van der Waals surface area contributed by atoms with E-state index in [1.807, 2.05) is 44.2 Å². The Morgan fingerprint density at radius 1 is 1.07 bits per heavy atom. The Kier molecular flexibility index (Phi) is 13.0. The van der Waals surface area contributed by atoms with Crippen molar-refractivity contribution in [3.05, 3.63) is 60.2 Å². The van der Waals surface area contributed by atoms with E-state index in [-0.39, 0.29) is 42.3 Å². The SMILES string of the molecule is CCCCO[C@H]1CO[C@@H]2OCC[C@H](OC(=O)N[C@@H](Cc3ccccc3)[C@H](O)CN(CC(C)C)S(=O)(=O)c3ccc(OC)cc3)[C@@H]21. The minimum Gasteiger partial charge on any atom is -0.497 e. The summed E-state index contributed by atoms with van der Waals surface area (Å²) >= 11 is 0. The van der Waals surface area contributed by atoms with Crippen LogP contribution < -0.4 is 10.1 Å². The van der Waals surface area contributed by atoms with Gasteiger partial charge in [-0.05, 0) is 48.6 Å². The van der Waals surface area contributed by atoms with E-state index in [4.69, 9.17) is 23.7 Å². The van der Waals surface area contributed by atoms with Crippen LogP contribution in [0, 0.1) is 11.8 Å². The Hall–Kier alpha value is -2.74. The number of amides is 1. The fourth-order valence-corrected chi connectivity index (χ4v) is 7.34. The summed E-state index contributed by atoms with van der Waals surface area (Å²) in [5.74, 6) is 0.252. The van der Waals surface area contributed by atoms with Gasteiger partial charge in [-0.1, -0.05) is 57.5 Å². The Labute approximate surface area is 267 Å². The van der Waals surface area contributed by atoms with Gasteiger partial charge in [-0.2, -0.15) is 4.31 Å². The standard InChI is InChI=1S/C33H48N2O9S/c1-5-6-17-41-30-22-43-32-31(30)29(16-18-42-32)44-33(37)34-27(19-24-10-8-7-9-11-24)28(36)21-35(20-23(2)3)45(38,39)26-14-12-25(40-4)13-15-26/h7-15,23,27-32,36H,5-6,16-22H2,1-4H3,(H,34,37)/t27-,28+,29-,30-,31+,32-/m0/s1. The van der Waals surface area contributed by atoms with Gasteiger partial charge in [0.05, 0.1) is 49.4 Å². The first-order valence-corrected chi connectivity index (χ1v) is 17.2. The average molecular weight is 649 g/mol. The highest BCUT2D eigenvalue weighted by Gasteiger charge is 2.48. The second-order valence-corrected chi connectivity index (χ2v) is 14.0. The molecule has 0 saturated carbocycles. The lowest BCUT2D eigenvalue weighted by Gasteiger charge is -2.35. The number of fused-ring (bicyclic) bond motifs is 1. The van der Waals surface area contributed by atoms with Gasteiger partial charge in [-0.25, -0.2) is 13.2 Å². The molecule has 2 fully saturated rings. The van der Waals surface area contributed by atoms with E-state index in [0.29, 0.717) is 32.0 Å². The molecule has 2 aromatic carbocycles. The van der Waals surface area contributed by atoms with Crippen molar-refractivity contribution in [3.8, 4) is 5.75 Å². The molecule has 250 valence electrons. The van der Waals surface area contributed by atoms with Crippen molar-refractivity contribution < 1.29 is 42.0 Å². The molecular formula is C33H48N2O9S.